The number of carbonyl (C=O) groups is 1. The number of fused-ring (bicyclic) bond motifs is 3. The lowest BCUT2D eigenvalue weighted by molar-refractivity contribution is -0.118. The van der Waals surface area contributed by atoms with Crippen molar-refractivity contribution in [2.45, 2.75) is 24.3 Å². The van der Waals surface area contributed by atoms with E-state index < -0.39 is 5.41 Å². The molecule has 1 saturated carbocycles. The van der Waals surface area contributed by atoms with Crippen LogP contribution < -0.4 is 10.1 Å². The summed E-state index contributed by atoms with van der Waals surface area (Å²) >= 11 is 0. The molecule has 0 saturated heterocycles. The first-order valence-electron chi connectivity index (χ1n) is 11.9. The Bertz CT molecular complexity index is 1470. The second-order valence-corrected chi connectivity index (χ2v) is 9.82. The van der Waals surface area contributed by atoms with Crippen molar-refractivity contribution in [3.63, 3.8) is 0 Å². The van der Waals surface area contributed by atoms with Gasteiger partial charge in [0, 0.05) is 29.6 Å². The number of benzene rings is 3. The van der Waals surface area contributed by atoms with Crippen LogP contribution in [-0.4, -0.2) is 42.2 Å². The lowest BCUT2D eigenvalue weighted by Gasteiger charge is -2.09. The molecule has 2 atom stereocenters. The van der Waals surface area contributed by atoms with Gasteiger partial charge < -0.3 is 15.0 Å². The summed E-state index contributed by atoms with van der Waals surface area (Å²) in [6, 6.07) is 20.8. The number of nitrogens with zero attached hydrogens (tertiary/aromatic N) is 2. The number of aromatic nitrogens is 2. The van der Waals surface area contributed by atoms with Gasteiger partial charge >= 0.3 is 0 Å². The predicted octanol–water partition coefficient (Wildman–Crippen LogP) is 5.18. The fraction of sp³-hybridized carbons (Fsp3) is 0.241. The van der Waals surface area contributed by atoms with E-state index in [-0.39, 0.29) is 11.8 Å². The zero-order chi connectivity index (χ0) is 24.2. The standard InChI is InChI=1S/C29H28N4O2/c1-33(2)17-19-6-4-18(5-7-19)8-13-25-22-11-9-20(14-26(22)32-31-25)24-16-29(24)23-12-10-21(35-3)15-27(23)30-28(29)34/h4-15,24H,16-17H2,1-3H3,(H,30,34)(H,31,32)/b13-8+/t24-,29-/m1/s1. The summed E-state index contributed by atoms with van der Waals surface area (Å²) in [4.78, 5) is 15.1. The summed E-state index contributed by atoms with van der Waals surface area (Å²) in [6.07, 6.45) is 4.95. The normalized spacial score (nSPS) is 20.7. The van der Waals surface area contributed by atoms with Gasteiger partial charge in [-0.05, 0) is 61.0 Å². The number of anilines is 1. The zero-order valence-electron chi connectivity index (χ0n) is 20.1. The molecule has 35 heavy (non-hydrogen) atoms. The molecule has 1 aliphatic carbocycles. The van der Waals surface area contributed by atoms with E-state index in [1.165, 1.54) is 5.56 Å². The van der Waals surface area contributed by atoms with Gasteiger partial charge in [-0.2, -0.15) is 5.10 Å². The monoisotopic (exact) mass is 464 g/mol. The first kappa shape index (κ1) is 21.6. The molecule has 1 spiro atoms. The third-order valence-corrected chi connectivity index (χ3v) is 7.25. The van der Waals surface area contributed by atoms with E-state index in [0.29, 0.717) is 0 Å². The van der Waals surface area contributed by atoms with Crippen LogP contribution in [0.15, 0.2) is 60.7 Å². The van der Waals surface area contributed by atoms with E-state index in [2.05, 4.69) is 83.0 Å². The third-order valence-electron chi connectivity index (χ3n) is 7.25. The molecule has 6 nitrogen and oxygen atoms in total. The molecule has 6 rings (SSSR count). The van der Waals surface area contributed by atoms with Crippen molar-refractivity contribution in [3.8, 4) is 5.75 Å². The Morgan fingerprint density at radius 2 is 1.91 bits per heavy atom. The highest BCUT2D eigenvalue weighted by Gasteiger charge is 2.65. The van der Waals surface area contributed by atoms with Gasteiger partial charge in [-0.25, -0.2) is 0 Å². The quantitative estimate of drug-likeness (QED) is 0.413. The predicted molar refractivity (Wildman–Crippen MR) is 140 cm³/mol. The maximum atomic E-state index is 13.0. The molecule has 6 heteroatoms. The van der Waals surface area contributed by atoms with Crippen molar-refractivity contribution in [2.24, 2.45) is 0 Å². The van der Waals surface area contributed by atoms with E-state index in [1.807, 2.05) is 24.3 Å². The van der Waals surface area contributed by atoms with Gasteiger partial charge in [0.1, 0.15) is 5.75 Å². The molecule has 0 bridgehead atoms. The van der Waals surface area contributed by atoms with Crippen molar-refractivity contribution >= 4 is 34.6 Å². The number of methoxy groups -OCH3 is 1. The Morgan fingerprint density at radius 1 is 1.09 bits per heavy atom. The van der Waals surface area contributed by atoms with Gasteiger partial charge in [-0.3, -0.25) is 9.89 Å². The maximum Gasteiger partial charge on any atom is 0.235 e. The summed E-state index contributed by atoms with van der Waals surface area (Å²) in [5.41, 5.74) is 6.94. The van der Waals surface area contributed by atoms with Gasteiger partial charge in [-0.1, -0.05) is 48.5 Å². The van der Waals surface area contributed by atoms with Crippen molar-refractivity contribution in [2.75, 3.05) is 26.5 Å². The summed E-state index contributed by atoms with van der Waals surface area (Å²) in [5, 5.41) is 11.8. The fourth-order valence-corrected chi connectivity index (χ4v) is 5.39. The van der Waals surface area contributed by atoms with Gasteiger partial charge in [0.15, 0.2) is 0 Å². The minimum atomic E-state index is -0.475. The molecule has 1 amide bonds. The van der Waals surface area contributed by atoms with Crippen LogP contribution in [0.2, 0.25) is 0 Å². The molecule has 0 radical (unpaired) electrons. The second-order valence-electron chi connectivity index (χ2n) is 9.82. The van der Waals surface area contributed by atoms with Gasteiger partial charge in [0.05, 0.1) is 23.7 Å². The highest BCUT2D eigenvalue weighted by atomic mass is 16.5. The van der Waals surface area contributed by atoms with E-state index in [0.717, 1.165) is 57.7 Å². The summed E-state index contributed by atoms with van der Waals surface area (Å²) in [5.74, 6) is 0.988. The van der Waals surface area contributed by atoms with Crippen molar-refractivity contribution in [1.82, 2.24) is 15.1 Å². The molecule has 2 heterocycles. The van der Waals surface area contributed by atoms with Gasteiger partial charge in [-0.15, -0.1) is 0 Å². The number of ether oxygens (including phenoxy) is 1. The van der Waals surface area contributed by atoms with Crippen LogP contribution in [0.5, 0.6) is 5.75 Å². The molecule has 1 aromatic heterocycles. The molecule has 176 valence electrons. The van der Waals surface area contributed by atoms with Gasteiger partial charge in [0.2, 0.25) is 5.91 Å². The molecular weight excluding hydrogens is 436 g/mol. The Balaban J connectivity index is 1.23. The lowest BCUT2D eigenvalue weighted by atomic mass is 9.91. The molecule has 2 N–H and O–H groups in total. The van der Waals surface area contributed by atoms with Crippen molar-refractivity contribution in [3.05, 3.63) is 88.6 Å². The highest BCUT2D eigenvalue weighted by Crippen LogP contribution is 2.65. The summed E-state index contributed by atoms with van der Waals surface area (Å²) in [7, 11) is 5.78. The third kappa shape index (κ3) is 3.61. The van der Waals surface area contributed by atoms with Crippen LogP contribution in [0, 0.1) is 0 Å². The molecule has 3 aromatic carbocycles. The smallest absolute Gasteiger partial charge is 0.235 e. The van der Waals surface area contributed by atoms with Crippen LogP contribution in [0.4, 0.5) is 5.69 Å². The molecule has 1 aliphatic heterocycles. The average Bonchev–Trinajstić information content (AvgIpc) is 3.39. The number of H-pyrrole nitrogens is 1. The molecule has 1 fully saturated rings. The van der Waals surface area contributed by atoms with E-state index in [9.17, 15) is 4.79 Å². The maximum absolute atomic E-state index is 13.0. The van der Waals surface area contributed by atoms with Crippen molar-refractivity contribution in [1.29, 1.82) is 0 Å². The number of aromatic amines is 1. The zero-order valence-corrected chi connectivity index (χ0v) is 20.1. The number of rotatable bonds is 6. The summed E-state index contributed by atoms with van der Waals surface area (Å²) < 4.78 is 5.32. The minimum Gasteiger partial charge on any atom is -0.497 e. The van der Waals surface area contributed by atoms with Crippen LogP contribution in [0.1, 0.15) is 40.3 Å². The average molecular weight is 465 g/mol. The van der Waals surface area contributed by atoms with Crippen LogP contribution in [0.3, 0.4) is 0 Å². The number of amides is 1. The molecular formula is C29H28N4O2. The van der Waals surface area contributed by atoms with E-state index in [1.54, 1.807) is 7.11 Å². The van der Waals surface area contributed by atoms with Gasteiger partial charge in [0.25, 0.3) is 0 Å². The highest BCUT2D eigenvalue weighted by molar-refractivity contribution is 6.10. The number of nitrogens with one attached hydrogen (secondary N) is 2. The van der Waals surface area contributed by atoms with Crippen molar-refractivity contribution < 1.29 is 9.53 Å². The number of carbonyl (C=O) groups excluding carboxylic acids is 1. The summed E-state index contributed by atoms with van der Waals surface area (Å²) in [6.45, 7) is 0.931. The van der Waals surface area contributed by atoms with E-state index >= 15 is 0 Å². The molecule has 2 aliphatic rings. The molecule has 0 unspecified atom stereocenters. The first-order valence-corrected chi connectivity index (χ1v) is 11.9. The van der Waals surface area contributed by atoms with E-state index in [4.69, 9.17) is 4.74 Å². The largest absolute Gasteiger partial charge is 0.497 e. The SMILES string of the molecule is COc1ccc2c(c1)NC(=O)[C@]21C[C@@H]1c1ccc2c(/C=C/c3ccc(CN(C)C)cc3)n[nH]c2c1. The number of hydrogen-bond donors (Lipinski definition) is 2. The topological polar surface area (TPSA) is 70.2 Å². The van der Waals surface area contributed by atoms with Crippen LogP contribution in [-0.2, 0) is 16.8 Å². The Kier molecular flexibility index (Phi) is 5.00. The Labute approximate surface area is 204 Å². The lowest BCUT2D eigenvalue weighted by Crippen LogP contribution is -2.20. The Morgan fingerprint density at radius 3 is 2.69 bits per heavy atom. The van der Waals surface area contributed by atoms with Crippen LogP contribution in [0.25, 0.3) is 23.1 Å². The minimum absolute atomic E-state index is 0.0793. The second kappa shape index (κ2) is 8.10. The first-order chi connectivity index (χ1) is 17.0. The van der Waals surface area contributed by atoms with Crippen LogP contribution >= 0.6 is 0 Å². The molecule has 4 aromatic rings. The fourth-order valence-electron chi connectivity index (χ4n) is 5.39. The number of hydrogen-bond acceptors (Lipinski definition) is 4. The Hall–Kier alpha value is -3.90.